The summed E-state index contributed by atoms with van der Waals surface area (Å²) in [6.07, 6.45) is 1.80. The van der Waals surface area contributed by atoms with Gasteiger partial charge in [-0.05, 0) is 12.1 Å². The number of likely N-dealkylation sites (N-methyl/N-ethyl adjacent to an activating group) is 1. The molecule has 136 valence electrons. The summed E-state index contributed by atoms with van der Waals surface area (Å²) >= 11 is 7.39. The van der Waals surface area contributed by atoms with Crippen LogP contribution in [0.5, 0.6) is 0 Å². The van der Waals surface area contributed by atoms with Crippen molar-refractivity contribution in [2.45, 2.75) is 6.10 Å². The number of carbonyl (C=O) groups excluding carboxylic acids is 1. The zero-order chi connectivity index (χ0) is 18.1. The molecule has 0 N–H and O–H groups in total. The monoisotopic (exact) mass is 391 g/mol. The lowest BCUT2D eigenvalue weighted by Crippen LogP contribution is -2.41. The molecule has 1 amide bonds. The van der Waals surface area contributed by atoms with E-state index in [4.69, 9.17) is 21.1 Å². The molecule has 3 aromatic rings. The minimum absolute atomic E-state index is 0.0644. The second-order valence-corrected chi connectivity index (χ2v) is 7.43. The average Bonchev–Trinajstić information content (AvgIpc) is 3.23. The second kappa shape index (κ2) is 7.36. The van der Waals surface area contributed by atoms with Gasteiger partial charge in [0.05, 0.1) is 31.6 Å². The number of aromatic nitrogens is 2. The summed E-state index contributed by atoms with van der Waals surface area (Å²) in [4.78, 5) is 19.9. The summed E-state index contributed by atoms with van der Waals surface area (Å²) in [5, 5.41) is 2.52. The molecule has 3 heterocycles. The van der Waals surface area contributed by atoms with Gasteiger partial charge in [0.1, 0.15) is 5.69 Å². The summed E-state index contributed by atoms with van der Waals surface area (Å²) in [6, 6.07) is 7.50. The maximum absolute atomic E-state index is 12.9. The standard InChI is InChI=1S/C18H18ClN3O3S/c1-21(8-14-10-24-6-7-25-14)17(23)16-11-26-18-20-15(9-22(16)18)12-2-4-13(19)5-3-12/h2-5,9,11,14H,6-8,10H2,1H3. The Morgan fingerprint density at radius 2 is 2.19 bits per heavy atom. The van der Waals surface area contributed by atoms with E-state index in [0.29, 0.717) is 37.1 Å². The van der Waals surface area contributed by atoms with Crippen LogP contribution in [0.25, 0.3) is 16.2 Å². The number of thiazole rings is 1. The Balaban J connectivity index is 1.56. The van der Waals surface area contributed by atoms with Crippen LogP contribution in [0.3, 0.4) is 0 Å². The smallest absolute Gasteiger partial charge is 0.271 e. The van der Waals surface area contributed by atoms with Crippen molar-refractivity contribution in [2.24, 2.45) is 0 Å². The van der Waals surface area contributed by atoms with Gasteiger partial charge in [-0.25, -0.2) is 4.98 Å². The van der Waals surface area contributed by atoms with E-state index in [2.05, 4.69) is 4.98 Å². The zero-order valence-corrected chi connectivity index (χ0v) is 15.8. The van der Waals surface area contributed by atoms with Crippen molar-refractivity contribution in [1.29, 1.82) is 0 Å². The summed E-state index contributed by atoms with van der Waals surface area (Å²) < 4.78 is 12.9. The summed E-state index contributed by atoms with van der Waals surface area (Å²) in [7, 11) is 1.78. The van der Waals surface area contributed by atoms with Gasteiger partial charge in [-0.3, -0.25) is 9.20 Å². The molecule has 0 radical (unpaired) electrons. The first-order chi connectivity index (χ1) is 12.6. The topological polar surface area (TPSA) is 56.1 Å². The molecule has 8 heteroatoms. The van der Waals surface area contributed by atoms with Crippen molar-refractivity contribution in [1.82, 2.24) is 14.3 Å². The summed E-state index contributed by atoms with van der Waals surface area (Å²) in [6.45, 7) is 2.20. The van der Waals surface area contributed by atoms with E-state index in [0.717, 1.165) is 16.2 Å². The van der Waals surface area contributed by atoms with Gasteiger partial charge in [0.25, 0.3) is 5.91 Å². The molecule has 1 saturated heterocycles. The van der Waals surface area contributed by atoms with E-state index in [1.54, 1.807) is 11.9 Å². The van der Waals surface area contributed by atoms with Gasteiger partial charge < -0.3 is 14.4 Å². The Morgan fingerprint density at radius 3 is 2.92 bits per heavy atom. The third kappa shape index (κ3) is 3.48. The van der Waals surface area contributed by atoms with Crippen molar-refractivity contribution >= 4 is 33.8 Å². The number of ether oxygens (including phenoxy) is 2. The third-order valence-corrected chi connectivity index (χ3v) is 5.37. The number of hydrogen-bond donors (Lipinski definition) is 0. The SMILES string of the molecule is CN(CC1COCCO1)C(=O)c1csc2nc(-c3ccc(Cl)cc3)cn12. The van der Waals surface area contributed by atoms with E-state index in [-0.39, 0.29) is 12.0 Å². The number of imidazole rings is 1. The first-order valence-corrected chi connectivity index (χ1v) is 9.55. The molecule has 1 fully saturated rings. The third-order valence-electron chi connectivity index (χ3n) is 4.28. The Labute approximate surface area is 159 Å². The molecular weight excluding hydrogens is 374 g/mol. The highest BCUT2D eigenvalue weighted by Crippen LogP contribution is 2.25. The minimum atomic E-state index is -0.0840. The molecule has 4 rings (SSSR count). The predicted molar refractivity (Wildman–Crippen MR) is 101 cm³/mol. The molecule has 0 spiro atoms. The fourth-order valence-electron chi connectivity index (χ4n) is 2.92. The first kappa shape index (κ1) is 17.5. The largest absolute Gasteiger partial charge is 0.376 e. The van der Waals surface area contributed by atoms with Crippen LogP contribution in [0.2, 0.25) is 5.02 Å². The first-order valence-electron chi connectivity index (χ1n) is 8.29. The molecule has 1 atom stereocenters. The van der Waals surface area contributed by atoms with E-state index in [9.17, 15) is 4.79 Å². The average molecular weight is 392 g/mol. The predicted octanol–water partition coefficient (Wildman–Crippen LogP) is 3.20. The lowest BCUT2D eigenvalue weighted by Gasteiger charge is -2.27. The molecule has 0 bridgehead atoms. The van der Waals surface area contributed by atoms with Gasteiger partial charge in [-0.2, -0.15) is 0 Å². The zero-order valence-electron chi connectivity index (χ0n) is 14.2. The second-order valence-electron chi connectivity index (χ2n) is 6.16. The van der Waals surface area contributed by atoms with Gasteiger partial charge in [0.2, 0.25) is 0 Å². The molecule has 1 aliphatic rings. The van der Waals surface area contributed by atoms with Gasteiger partial charge in [-0.1, -0.05) is 23.7 Å². The molecule has 1 unspecified atom stereocenters. The molecule has 6 nitrogen and oxygen atoms in total. The minimum Gasteiger partial charge on any atom is -0.376 e. The Bertz CT molecular complexity index is 916. The van der Waals surface area contributed by atoms with Crippen LogP contribution < -0.4 is 0 Å². The fraction of sp³-hybridized carbons (Fsp3) is 0.333. The van der Waals surface area contributed by atoms with Crippen LogP contribution in [-0.2, 0) is 9.47 Å². The highest BCUT2D eigenvalue weighted by molar-refractivity contribution is 7.15. The molecule has 0 saturated carbocycles. The van der Waals surface area contributed by atoms with Gasteiger partial charge in [0.15, 0.2) is 4.96 Å². The molecular formula is C18H18ClN3O3S. The molecule has 1 aliphatic heterocycles. The Morgan fingerprint density at radius 1 is 1.38 bits per heavy atom. The Kier molecular flexibility index (Phi) is 4.95. The highest BCUT2D eigenvalue weighted by atomic mass is 35.5. The van der Waals surface area contributed by atoms with E-state index >= 15 is 0 Å². The molecule has 26 heavy (non-hydrogen) atoms. The molecule has 1 aromatic carbocycles. The molecule has 0 aliphatic carbocycles. The number of benzene rings is 1. The van der Waals surface area contributed by atoms with Crippen LogP contribution in [0.15, 0.2) is 35.8 Å². The van der Waals surface area contributed by atoms with Gasteiger partial charge in [-0.15, -0.1) is 11.3 Å². The van der Waals surface area contributed by atoms with Crippen LogP contribution in [0, 0.1) is 0 Å². The van der Waals surface area contributed by atoms with Crippen LogP contribution in [0.1, 0.15) is 10.5 Å². The summed E-state index contributed by atoms with van der Waals surface area (Å²) in [5.41, 5.74) is 2.37. The maximum Gasteiger partial charge on any atom is 0.271 e. The Hall–Kier alpha value is -1.93. The van der Waals surface area contributed by atoms with Crippen LogP contribution >= 0.6 is 22.9 Å². The van der Waals surface area contributed by atoms with E-state index in [1.807, 2.05) is 40.2 Å². The number of carbonyl (C=O) groups is 1. The lowest BCUT2D eigenvalue weighted by atomic mass is 10.2. The quantitative estimate of drug-likeness (QED) is 0.685. The molecule has 2 aromatic heterocycles. The van der Waals surface area contributed by atoms with Crippen LogP contribution in [0.4, 0.5) is 0 Å². The number of rotatable bonds is 4. The van der Waals surface area contributed by atoms with Gasteiger partial charge >= 0.3 is 0 Å². The van der Waals surface area contributed by atoms with Crippen molar-refractivity contribution in [3.8, 4) is 11.3 Å². The van der Waals surface area contributed by atoms with Crippen molar-refractivity contribution in [3.05, 3.63) is 46.6 Å². The highest BCUT2D eigenvalue weighted by Gasteiger charge is 2.23. The number of halogens is 1. The van der Waals surface area contributed by atoms with Crippen molar-refractivity contribution in [2.75, 3.05) is 33.4 Å². The lowest BCUT2D eigenvalue weighted by molar-refractivity contribution is -0.0933. The van der Waals surface area contributed by atoms with Crippen LogP contribution in [-0.4, -0.2) is 59.7 Å². The van der Waals surface area contributed by atoms with Crippen molar-refractivity contribution in [3.63, 3.8) is 0 Å². The number of fused-ring (bicyclic) bond motifs is 1. The number of nitrogens with zero attached hydrogens (tertiary/aromatic N) is 3. The maximum atomic E-state index is 12.9. The van der Waals surface area contributed by atoms with Crippen molar-refractivity contribution < 1.29 is 14.3 Å². The normalized spacial score (nSPS) is 17.5. The van der Waals surface area contributed by atoms with E-state index < -0.39 is 0 Å². The summed E-state index contributed by atoms with van der Waals surface area (Å²) in [5.74, 6) is -0.0644. The number of amides is 1. The number of hydrogen-bond acceptors (Lipinski definition) is 5. The van der Waals surface area contributed by atoms with E-state index in [1.165, 1.54) is 11.3 Å². The van der Waals surface area contributed by atoms with Gasteiger partial charge in [0, 0.05) is 35.8 Å². The fourth-order valence-corrected chi connectivity index (χ4v) is 3.90.